The first-order valence-corrected chi connectivity index (χ1v) is 13.7. The van der Waals surface area contributed by atoms with Crippen LogP contribution >= 0.6 is 34.8 Å². The molecule has 2 aromatic rings. The summed E-state index contributed by atoms with van der Waals surface area (Å²) in [6.07, 6.45) is -6.49. The fourth-order valence-corrected chi connectivity index (χ4v) is 4.22. The van der Waals surface area contributed by atoms with Crippen molar-refractivity contribution in [1.29, 1.82) is 0 Å². The monoisotopic (exact) mass is 673 g/mol. The number of alkyl halides is 5. The van der Waals surface area contributed by atoms with Gasteiger partial charge in [0.05, 0.1) is 12.5 Å². The average molecular weight is 675 g/mol. The van der Waals surface area contributed by atoms with Crippen molar-refractivity contribution >= 4 is 58.3 Å². The largest absolute Gasteiger partial charge is 0.484 e. The highest BCUT2D eigenvalue weighted by Crippen LogP contribution is 2.25. The third kappa shape index (κ3) is 11.8. The van der Waals surface area contributed by atoms with E-state index in [9.17, 15) is 41.1 Å². The number of Topliss-reactive ketones (excluding diaryl/α,β-unsaturated/α-hetero) is 1. The molecule has 0 heterocycles. The van der Waals surface area contributed by atoms with Crippen LogP contribution in [0.4, 0.5) is 22.0 Å². The molecule has 0 aromatic heterocycles. The zero-order valence-corrected chi connectivity index (χ0v) is 24.9. The van der Waals surface area contributed by atoms with E-state index in [0.717, 1.165) is 0 Å². The summed E-state index contributed by atoms with van der Waals surface area (Å²) in [7, 11) is 0. The molecule has 1 unspecified atom stereocenters. The summed E-state index contributed by atoms with van der Waals surface area (Å²) in [5, 5.41) is 6.78. The van der Waals surface area contributed by atoms with Crippen molar-refractivity contribution in [3.63, 3.8) is 0 Å². The lowest BCUT2D eigenvalue weighted by Crippen LogP contribution is -2.59. The van der Waals surface area contributed by atoms with E-state index in [1.165, 1.54) is 49.5 Å². The van der Waals surface area contributed by atoms with E-state index in [4.69, 9.17) is 39.5 Å². The van der Waals surface area contributed by atoms with Crippen LogP contribution in [0.5, 0.6) is 5.75 Å². The van der Waals surface area contributed by atoms with Crippen molar-refractivity contribution in [3.8, 4) is 5.75 Å². The number of hydrogen-bond donors (Lipinski definition) is 3. The fourth-order valence-electron chi connectivity index (χ4n) is 3.59. The number of amides is 3. The fraction of sp³-hybridized carbons (Fsp3) is 0.407. The Hall–Kier alpha value is -3.16. The van der Waals surface area contributed by atoms with Crippen molar-refractivity contribution in [1.82, 2.24) is 16.0 Å². The molecular weight excluding hydrogens is 648 g/mol. The molecule has 3 N–H and O–H groups in total. The molecule has 0 aliphatic rings. The van der Waals surface area contributed by atoms with E-state index in [2.05, 4.69) is 10.6 Å². The Bertz CT molecular complexity index is 1290. The van der Waals surface area contributed by atoms with Crippen LogP contribution in [0, 0.1) is 5.92 Å². The molecule has 2 aromatic carbocycles. The minimum atomic E-state index is -4.77. The number of nitrogens with one attached hydrogen (secondary N) is 3. The van der Waals surface area contributed by atoms with Gasteiger partial charge >= 0.3 is 12.1 Å². The van der Waals surface area contributed by atoms with E-state index in [1.807, 2.05) is 0 Å². The van der Waals surface area contributed by atoms with Crippen molar-refractivity contribution in [3.05, 3.63) is 63.1 Å². The first-order chi connectivity index (χ1) is 19.9. The molecule has 0 spiro atoms. The molecule has 0 saturated heterocycles. The molecule has 0 bridgehead atoms. The molecule has 3 amide bonds. The molecular formula is C27H27Cl3F5N3O5. The molecule has 0 saturated carbocycles. The van der Waals surface area contributed by atoms with Crippen LogP contribution in [0.3, 0.4) is 0 Å². The molecule has 0 radical (unpaired) electrons. The lowest BCUT2D eigenvalue weighted by Gasteiger charge is -2.27. The van der Waals surface area contributed by atoms with E-state index in [-0.39, 0.29) is 22.2 Å². The number of rotatable bonds is 14. The van der Waals surface area contributed by atoms with Crippen LogP contribution in [-0.2, 0) is 25.6 Å². The lowest BCUT2D eigenvalue weighted by atomic mass is 9.94. The van der Waals surface area contributed by atoms with Crippen LogP contribution in [-0.4, -0.2) is 60.8 Å². The standard InChI is InChI=1S/C27H27Cl3F5N3O5/c1-14(2)22(23(40)27(34,35)25(42)36-8-7-26(31,32)33)38-24(41)20(9-15-3-5-16(28)6-4-15)37-21(39)13-43-19-11-17(29)10-18(30)12-19/h3-6,10-12,14,20,22H,7-9,13H2,1-2H3,(H,36,42)(H,37,39)(H,38,41)/t20?,22-/m0/s1. The molecule has 43 heavy (non-hydrogen) atoms. The number of halogens is 8. The van der Waals surface area contributed by atoms with E-state index < -0.39 is 73.2 Å². The topological polar surface area (TPSA) is 114 Å². The summed E-state index contributed by atoms with van der Waals surface area (Å²) in [4.78, 5) is 50.6. The normalized spacial score (nSPS) is 13.2. The van der Waals surface area contributed by atoms with Gasteiger partial charge in [0, 0.05) is 28.0 Å². The van der Waals surface area contributed by atoms with Crippen molar-refractivity contribution in [2.45, 2.75) is 50.9 Å². The number of ketones is 1. The maximum absolute atomic E-state index is 14.7. The zero-order chi connectivity index (χ0) is 32.5. The molecule has 8 nitrogen and oxygen atoms in total. The molecule has 16 heteroatoms. The van der Waals surface area contributed by atoms with Crippen LogP contribution < -0.4 is 20.7 Å². The van der Waals surface area contributed by atoms with E-state index >= 15 is 0 Å². The average Bonchev–Trinajstić information content (AvgIpc) is 2.89. The van der Waals surface area contributed by atoms with Gasteiger partial charge in [-0.05, 0) is 41.8 Å². The maximum atomic E-state index is 14.7. The van der Waals surface area contributed by atoms with Gasteiger partial charge in [0.15, 0.2) is 6.61 Å². The van der Waals surface area contributed by atoms with Crippen LogP contribution in [0.25, 0.3) is 0 Å². The number of benzene rings is 2. The summed E-state index contributed by atoms with van der Waals surface area (Å²) in [6.45, 7) is 0.820. The third-order valence-corrected chi connectivity index (χ3v) is 6.43. The highest BCUT2D eigenvalue weighted by molar-refractivity contribution is 6.34. The summed E-state index contributed by atoms with van der Waals surface area (Å²) in [6, 6.07) is 6.94. The van der Waals surface area contributed by atoms with Gasteiger partial charge in [0.1, 0.15) is 11.8 Å². The molecule has 0 aliphatic carbocycles. The predicted molar refractivity (Wildman–Crippen MR) is 149 cm³/mol. The minimum Gasteiger partial charge on any atom is -0.484 e. The molecule has 2 atom stereocenters. The van der Waals surface area contributed by atoms with E-state index in [0.29, 0.717) is 10.6 Å². The van der Waals surface area contributed by atoms with Gasteiger partial charge in [-0.15, -0.1) is 0 Å². The van der Waals surface area contributed by atoms with Gasteiger partial charge < -0.3 is 20.7 Å². The summed E-state index contributed by atoms with van der Waals surface area (Å²) < 4.78 is 71.8. The number of carbonyl (C=O) groups excluding carboxylic acids is 4. The quantitative estimate of drug-likeness (QED) is 0.189. The second kappa shape index (κ2) is 15.5. The Morgan fingerprint density at radius 2 is 1.44 bits per heavy atom. The first-order valence-electron chi connectivity index (χ1n) is 12.6. The molecule has 2 rings (SSSR count). The van der Waals surface area contributed by atoms with Gasteiger partial charge in [0.2, 0.25) is 11.7 Å². The Labute approximate surface area is 258 Å². The number of carbonyl (C=O) groups is 4. The summed E-state index contributed by atoms with van der Waals surface area (Å²) in [5.41, 5.74) is 0.495. The Morgan fingerprint density at radius 3 is 1.98 bits per heavy atom. The summed E-state index contributed by atoms with van der Waals surface area (Å²) >= 11 is 17.7. The van der Waals surface area contributed by atoms with Gasteiger partial charge in [-0.2, -0.15) is 22.0 Å². The molecule has 236 valence electrons. The van der Waals surface area contributed by atoms with Gasteiger partial charge in [-0.25, -0.2) is 0 Å². The molecule has 0 aliphatic heterocycles. The van der Waals surface area contributed by atoms with Crippen LogP contribution in [0.2, 0.25) is 15.1 Å². The van der Waals surface area contributed by atoms with Crippen molar-refractivity contribution in [2.75, 3.05) is 13.2 Å². The first kappa shape index (κ1) is 36.0. The maximum Gasteiger partial charge on any atom is 0.390 e. The third-order valence-electron chi connectivity index (χ3n) is 5.75. The molecule has 0 fully saturated rings. The number of ether oxygens (including phenoxy) is 1. The highest BCUT2D eigenvalue weighted by Gasteiger charge is 2.51. The van der Waals surface area contributed by atoms with Gasteiger partial charge in [-0.1, -0.05) is 60.8 Å². The predicted octanol–water partition coefficient (Wildman–Crippen LogP) is 5.17. The second-order valence-electron chi connectivity index (χ2n) is 9.63. The Kier molecular flexibility index (Phi) is 13.0. The van der Waals surface area contributed by atoms with Gasteiger partial charge in [-0.3, -0.25) is 19.2 Å². The van der Waals surface area contributed by atoms with Crippen LogP contribution in [0.15, 0.2) is 42.5 Å². The minimum absolute atomic E-state index is 0.146. The zero-order valence-electron chi connectivity index (χ0n) is 22.7. The van der Waals surface area contributed by atoms with Crippen LogP contribution in [0.1, 0.15) is 25.8 Å². The Balaban J connectivity index is 2.20. The van der Waals surface area contributed by atoms with E-state index in [1.54, 1.807) is 12.1 Å². The van der Waals surface area contributed by atoms with Crippen molar-refractivity contribution in [2.24, 2.45) is 5.92 Å². The highest BCUT2D eigenvalue weighted by atomic mass is 35.5. The number of hydrogen-bond acceptors (Lipinski definition) is 5. The Morgan fingerprint density at radius 1 is 0.860 bits per heavy atom. The SMILES string of the molecule is CC(C)[C@H](NC(=O)C(Cc1ccc(Cl)cc1)NC(=O)COc1cc(Cl)cc(Cl)c1)C(=O)C(F)(F)C(=O)NCCC(F)(F)F. The van der Waals surface area contributed by atoms with Gasteiger partial charge in [0.25, 0.3) is 11.8 Å². The lowest BCUT2D eigenvalue weighted by molar-refractivity contribution is -0.162. The van der Waals surface area contributed by atoms with Crippen molar-refractivity contribution < 1.29 is 45.9 Å². The second-order valence-corrected chi connectivity index (χ2v) is 10.9. The summed E-state index contributed by atoms with van der Waals surface area (Å²) in [5.74, 6) is -11.8. The smallest absolute Gasteiger partial charge is 0.390 e.